The average Bonchev–Trinajstić information content (AvgIpc) is 2.52. The van der Waals surface area contributed by atoms with Crippen molar-refractivity contribution in [3.05, 3.63) is 30.6 Å². The molecule has 4 heteroatoms. The van der Waals surface area contributed by atoms with Crippen LogP contribution in [0, 0.1) is 0 Å². The second-order valence-electron chi connectivity index (χ2n) is 2.85. The van der Waals surface area contributed by atoms with Crippen LogP contribution in [0.3, 0.4) is 0 Å². The molecule has 0 spiro atoms. The maximum Gasteiger partial charge on any atom is 0.165 e. The SMILES string of the molecule is Cn1cnnc1-c1ccccc1N. The van der Waals surface area contributed by atoms with E-state index >= 15 is 0 Å². The Morgan fingerprint density at radius 2 is 2.08 bits per heavy atom. The lowest BCUT2D eigenvalue weighted by molar-refractivity contribution is 0.920. The van der Waals surface area contributed by atoms with Gasteiger partial charge >= 0.3 is 0 Å². The highest BCUT2D eigenvalue weighted by molar-refractivity contribution is 5.71. The van der Waals surface area contributed by atoms with Gasteiger partial charge in [-0.1, -0.05) is 12.1 Å². The molecule has 1 aromatic carbocycles. The standard InChI is InChI=1S/C9H10N4/c1-13-6-11-12-9(13)7-4-2-3-5-8(7)10/h2-6H,10H2,1H3. The van der Waals surface area contributed by atoms with E-state index in [0.717, 1.165) is 17.1 Å². The van der Waals surface area contributed by atoms with Crippen LogP contribution < -0.4 is 5.73 Å². The van der Waals surface area contributed by atoms with Crippen molar-refractivity contribution < 1.29 is 0 Å². The Morgan fingerprint density at radius 3 is 2.69 bits per heavy atom. The number of aromatic nitrogens is 3. The van der Waals surface area contributed by atoms with E-state index in [1.165, 1.54) is 0 Å². The molecule has 0 amide bonds. The number of anilines is 1. The maximum absolute atomic E-state index is 5.80. The topological polar surface area (TPSA) is 56.7 Å². The van der Waals surface area contributed by atoms with Crippen LogP contribution in [-0.2, 0) is 7.05 Å². The van der Waals surface area contributed by atoms with Gasteiger partial charge in [0.15, 0.2) is 5.82 Å². The Hall–Kier alpha value is -1.84. The van der Waals surface area contributed by atoms with Crippen LogP contribution in [0.25, 0.3) is 11.4 Å². The first-order chi connectivity index (χ1) is 6.29. The van der Waals surface area contributed by atoms with Gasteiger partial charge in [0.2, 0.25) is 0 Å². The number of para-hydroxylation sites is 1. The predicted octanol–water partition coefficient (Wildman–Crippen LogP) is 1.06. The Morgan fingerprint density at radius 1 is 1.31 bits per heavy atom. The van der Waals surface area contributed by atoms with Crippen molar-refractivity contribution in [2.24, 2.45) is 7.05 Å². The Balaban J connectivity index is 2.59. The largest absolute Gasteiger partial charge is 0.398 e. The third kappa shape index (κ3) is 1.26. The summed E-state index contributed by atoms with van der Waals surface area (Å²) in [4.78, 5) is 0. The van der Waals surface area contributed by atoms with Gasteiger partial charge in [-0.05, 0) is 12.1 Å². The third-order valence-electron chi connectivity index (χ3n) is 1.91. The fourth-order valence-corrected chi connectivity index (χ4v) is 1.23. The summed E-state index contributed by atoms with van der Waals surface area (Å²) in [6.45, 7) is 0. The van der Waals surface area contributed by atoms with E-state index < -0.39 is 0 Å². The number of aryl methyl sites for hydroxylation is 1. The summed E-state index contributed by atoms with van der Waals surface area (Å²) in [7, 11) is 1.89. The van der Waals surface area contributed by atoms with E-state index in [4.69, 9.17) is 5.73 Å². The predicted molar refractivity (Wildman–Crippen MR) is 50.9 cm³/mol. The molecule has 1 aromatic heterocycles. The lowest BCUT2D eigenvalue weighted by atomic mass is 10.2. The van der Waals surface area contributed by atoms with Gasteiger partial charge in [-0.2, -0.15) is 0 Å². The molecule has 4 nitrogen and oxygen atoms in total. The van der Waals surface area contributed by atoms with Crippen molar-refractivity contribution in [3.63, 3.8) is 0 Å². The monoisotopic (exact) mass is 174 g/mol. The molecule has 0 unspecified atom stereocenters. The lowest BCUT2D eigenvalue weighted by Gasteiger charge is -2.02. The van der Waals surface area contributed by atoms with E-state index in [1.54, 1.807) is 6.33 Å². The summed E-state index contributed by atoms with van der Waals surface area (Å²) in [5, 5.41) is 7.78. The summed E-state index contributed by atoms with van der Waals surface area (Å²) in [6.07, 6.45) is 1.65. The average molecular weight is 174 g/mol. The minimum Gasteiger partial charge on any atom is -0.398 e. The second-order valence-corrected chi connectivity index (χ2v) is 2.85. The molecule has 13 heavy (non-hydrogen) atoms. The molecule has 0 atom stereocenters. The minimum absolute atomic E-state index is 0.721. The summed E-state index contributed by atoms with van der Waals surface area (Å²) in [5.74, 6) is 0.790. The summed E-state index contributed by atoms with van der Waals surface area (Å²) in [5.41, 5.74) is 7.44. The fraction of sp³-hybridized carbons (Fsp3) is 0.111. The number of hydrogen-bond acceptors (Lipinski definition) is 3. The Labute approximate surface area is 76.0 Å². The molecule has 0 aliphatic carbocycles. The zero-order valence-corrected chi connectivity index (χ0v) is 7.31. The van der Waals surface area contributed by atoms with Crippen molar-refractivity contribution in [3.8, 4) is 11.4 Å². The van der Waals surface area contributed by atoms with Crippen LogP contribution in [0.4, 0.5) is 5.69 Å². The number of nitrogens with zero attached hydrogens (tertiary/aromatic N) is 3. The summed E-state index contributed by atoms with van der Waals surface area (Å²) in [6, 6.07) is 7.61. The molecule has 0 saturated carbocycles. The van der Waals surface area contributed by atoms with Crippen LogP contribution in [0.2, 0.25) is 0 Å². The molecule has 0 radical (unpaired) electrons. The van der Waals surface area contributed by atoms with Gasteiger partial charge in [0.1, 0.15) is 6.33 Å². The van der Waals surface area contributed by atoms with Gasteiger partial charge in [0.25, 0.3) is 0 Å². The molecule has 0 fully saturated rings. The molecule has 66 valence electrons. The Bertz CT molecular complexity index is 419. The van der Waals surface area contributed by atoms with Crippen molar-refractivity contribution in [2.45, 2.75) is 0 Å². The highest BCUT2D eigenvalue weighted by Gasteiger charge is 2.06. The number of benzene rings is 1. The fourth-order valence-electron chi connectivity index (χ4n) is 1.23. The number of hydrogen-bond donors (Lipinski definition) is 1. The van der Waals surface area contributed by atoms with Gasteiger partial charge < -0.3 is 10.3 Å². The van der Waals surface area contributed by atoms with Crippen molar-refractivity contribution in [1.82, 2.24) is 14.8 Å². The number of rotatable bonds is 1. The molecular formula is C9H10N4. The summed E-state index contributed by atoms with van der Waals surface area (Å²) < 4.78 is 1.84. The molecule has 2 aromatic rings. The zero-order chi connectivity index (χ0) is 9.26. The normalized spacial score (nSPS) is 10.2. The van der Waals surface area contributed by atoms with E-state index in [1.807, 2.05) is 35.9 Å². The van der Waals surface area contributed by atoms with Gasteiger partial charge in [0, 0.05) is 18.3 Å². The highest BCUT2D eigenvalue weighted by atomic mass is 15.2. The van der Waals surface area contributed by atoms with Gasteiger partial charge in [-0.15, -0.1) is 10.2 Å². The van der Waals surface area contributed by atoms with Crippen molar-refractivity contribution >= 4 is 5.69 Å². The summed E-state index contributed by atoms with van der Waals surface area (Å²) >= 11 is 0. The highest BCUT2D eigenvalue weighted by Crippen LogP contribution is 2.21. The lowest BCUT2D eigenvalue weighted by Crippen LogP contribution is -1.95. The van der Waals surface area contributed by atoms with E-state index in [0.29, 0.717) is 0 Å². The van der Waals surface area contributed by atoms with Crippen LogP contribution in [0.1, 0.15) is 0 Å². The van der Waals surface area contributed by atoms with Gasteiger partial charge in [0.05, 0.1) is 0 Å². The third-order valence-corrected chi connectivity index (χ3v) is 1.91. The number of nitrogen functional groups attached to an aromatic ring is 1. The van der Waals surface area contributed by atoms with Crippen LogP contribution in [0.15, 0.2) is 30.6 Å². The molecule has 0 bridgehead atoms. The first-order valence-electron chi connectivity index (χ1n) is 3.98. The zero-order valence-electron chi connectivity index (χ0n) is 7.31. The minimum atomic E-state index is 0.721. The first kappa shape index (κ1) is 7.79. The van der Waals surface area contributed by atoms with Crippen molar-refractivity contribution in [1.29, 1.82) is 0 Å². The molecule has 0 aliphatic rings. The Kier molecular flexibility index (Phi) is 1.73. The van der Waals surface area contributed by atoms with E-state index in [9.17, 15) is 0 Å². The molecular weight excluding hydrogens is 164 g/mol. The van der Waals surface area contributed by atoms with Crippen LogP contribution in [-0.4, -0.2) is 14.8 Å². The van der Waals surface area contributed by atoms with Crippen LogP contribution in [0.5, 0.6) is 0 Å². The molecule has 0 aliphatic heterocycles. The van der Waals surface area contributed by atoms with Gasteiger partial charge in [-0.25, -0.2) is 0 Å². The van der Waals surface area contributed by atoms with E-state index in [2.05, 4.69) is 10.2 Å². The molecule has 1 heterocycles. The second kappa shape index (κ2) is 2.90. The number of nitrogens with two attached hydrogens (primary N) is 1. The maximum atomic E-state index is 5.80. The quantitative estimate of drug-likeness (QED) is 0.658. The van der Waals surface area contributed by atoms with Crippen LogP contribution >= 0.6 is 0 Å². The molecule has 0 saturated heterocycles. The van der Waals surface area contributed by atoms with E-state index in [-0.39, 0.29) is 0 Å². The molecule has 2 N–H and O–H groups in total. The molecule has 2 rings (SSSR count). The van der Waals surface area contributed by atoms with Crippen molar-refractivity contribution in [2.75, 3.05) is 5.73 Å². The van der Waals surface area contributed by atoms with Gasteiger partial charge in [-0.3, -0.25) is 0 Å². The smallest absolute Gasteiger partial charge is 0.165 e. The first-order valence-corrected chi connectivity index (χ1v) is 3.98.